The van der Waals surface area contributed by atoms with Crippen molar-refractivity contribution in [2.24, 2.45) is 5.92 Å². The van der Waals surface area contributed by atoms with Gasteiger partial charge in [0.25, 0.3) is 0 Å². The third kappa shape index (κ3) is 2.55. The molecule has 0 spiro atoms. The maximum absolute atomic E-state index is 4.72. The van der Waals surface area contributed by atoms with Gasteiger partial charge in [0.15, 0.2) is 0 Å². The number of aryl methyl sites for hydroxylation is 1. The SMILES string of the molecule is Cc1[nH]c(N2CCNCC2)nc1CC(C)C. The fourth-order valence-electron chi connectivity index (χ4n) is 2.09. The van der Waals surface area contributed by atoms with Gasteiger partial charge in [-0.2, -0.15) is 0 Å². The van der Waals surface area contributed by atoms with E-state index in [2.05, 4.69) is 36.0 Å². The molecule has 1 aromatic heterocycles. The van der Waals surface area contributed by atoms with Gasteiger partial charge >= 0.3 is 0 Å². The summed E-state index contributed by atoms with van der Waals surface area (Å²) in [4.78, 5) is 10.4. The Morgan fingerprint density at radius 3 is 2.62 bits per heavy atom. The van der Waals surface area contributed by atoms with Crippen LogP contribution in [0.15, 0.2) is 0 Å². The molecule has 1 aliphatic rings. The average molecular weight is 222 g/mol. The van der Waals surface area contributed by atoms with Crippen LogP contribution in [0, 0.1) is 12.8 Å². The summed E-state index contributed by atoms with van der Waals surface area (Å²) in [6.07, 6.45) is 1.06. The molecule has 0 saturated carbocycles. The van der Waals surface area contributed by atoms with Crippen LogP contribution in [-0.4, -0.2) is 36.1 Å². The van der Waals surface area contributed by atoms with Crippen LogP contribution in [0.4, 0.5) is 5.95 Å². The fraction of sp³-hybridized carbons (Fsp3) is 0.750. The third-order valence-corrected chi connectivity index (χ3v) is 2.99. The standard InChI is InChI=1S/C12H22N4/c1-9(2)8-11-10(3)14-12(15-11)16-6-4-13-5-7-16/h9,13H,4-8H2,1-3H3,(H,14,15). The minimum atomic E-state index is 0.665. The van der Waals surface area contributed by atoms with Crippen molar-refractivity contribution >= 4 is 5.95 Å². The first-order valence-corrected chi connectivity index (χ1v) is 6.18. The van der Waals surface area contributed by atoms with Crippen molar-refractivity contribution in [2.45, 2.75) is 27.2 Å². The van der Waals surface area contributed by atoms with Crippen LogP contribution in [0.25, 0.3) is 0 Å². The molecule has 0 aromatic carbocycles. The first-order valence-electron chi connectivity index (χ1n) is 6.18. The van der Waals surface area contributed by atoms with Crippen LogP contribution in [0.1, 0.15) is 25.2 Å². The molecule has 0 radical (unpaired) electrons. The zero-order valence-electron chi connectivity index (χ0n) is 10.5. The zero-order chi connectivity index (χ0) is 11.5. The smallest absolute Gasteiger partial charge is 0.203 e. The summed E-state index contributed by atoms with van der Waals surface area (Å²) >= 11 is 0. The van der Waals surface area contributed by atoms with E-state index in [1.54, 1.807) is 0 Å². The van der Waals surface area contributed by atoms with E-state index in [1.807, 2.05) is 0 Å². The van der Waals surface area contributed by atoms with E-state index in [0.717, 1.165) is 38.5 Å². The summed E-state index contributed by atoms with van der Waals surface area (Å²) in [5.41, 5.74) is 2.45. The zero-order valence-corrected chi connectivity index (χ0v) is 10.5. The van der Waals surface area contributed by atoms with Crippen molar-refractivity contribution in [3.63, 3.8) is 0 Å². The Kier molecular flexibility index (Phi) is 3.49. The second kappa shape index (κ2) is 4.87. The fourth-order valence-corrected chi connectivity index (χ4v) is 2.09. The molecule has 2 rings (SSSR count). The number of H-pyrrole nitrogens is 1. The first-order chi connectivity index (χ1) is 7.66. The second-order valence-electron chi connectivity index (χ2n) is 4.97. The molecule has 1 fully saturated rings. The van der Waals surface area contributed by atoms with E-state index in [-0.39, 0.29) is 0 Å². The van der Waals surface area contributed by atoms with Crippen molar-refractivity contribution in [2.75, 3.05) is 31.1 Å². The van der Waals surface area contributed by atoms with Crippen molar-refractivity contribution in [3.05, 3.63) is 11.4 Å². The molecule has 90 valence electrons. The second-order valence-corrected chi connectivity index (χ2v) is 4.97. The molecule has 0 bridgehead atoms. The molecule has 2 heterocycles. The summed E-state index contributed by atoms with van der Waals surface area (Å²) in [5.74, 6) is 1.72. The highest BCUT2D eigenvalue weighted by Gasteiger charge is 2.15. The molecule has 0 atom stereocenters. The molecule has 0 unspecified atom stereocenters. The van der Waals surface area contributed by atoms with Gasteiger partial charge in [0.05, 0.1) is 5.69 Å². The lowest BCUT2D eigenvalue weighted by atomic mass is 10.1. The maximum Gasteiger partial charge on any atom is 0.203 e. The van der Waals surface area contributed by atoms with Crippen molar-refractivity contribution in [3.8, 4) is 0 Å². The maximum atomic E-state index is 4.72. The van der Waals surface area contributed by atoms with E-state index in [1.165, 1.54) is 11.4 Å². The number of piperazine rings is 1. The molecular formula is C12H22N4. The summed E-state index contributed by atoms with van der Waals surface area (Å²) in [7, 11) is 0. The lowest BCUT2D eigenvalue weighted by molar-refractivity contribution is 0.580. The van der Waals surface area contributed by atoms with Gasteiger partial charge in [-0.1, -0.05) is 13.8 Å². The molecule has 4 nitrogen and oxygen atoms in total. The third-order valence-electron chi connectivity index (χ3n) is 2.99. The molecular weight excluding hydrogens is 200 g/mol. The summed E-state index contributed by atoms with van der Waals surface area (Å²) in [6.45, 7) is 10.8. The number of nitrogens with one attached hydrogen (secondary N) is 2. The number of hydrogen-bond donors (Lipinski definition) is 2. The van der Waals surface area contributed by atoms with Crippen LogP contribution >= 0.6 is 0 Å². The molecule has 16 heavy (non-hydrogen) atoms. The Bertz CT molecular complexity index is 337. The highest BCUT2D eigenvalue weighted by Crippen LogP contribution is 2.16. The lowest BCUT2D eigenvalue weighted by Crippen LogP contribution is -2.44. The van der Waals surface area contributed by atoms with E-state index in [0.29, 0.717) is 5.92 Å². The van der Waals surface area contributed by atoms with Gasteiger partial charge < -0.3 is 15.2 Å². The Morgan fingerprint density at radius 2 is 2.00 bits per heavy atom. The number of aromatic amines is 1. The Hall–Kier alpha value is -1.03. The largest absolute Gasteiger partial charge is 0.340 e. The predicted octanol–water partition coefficient (Wildman–Crippen LogP) is 1.33. The molecule has 1 aromatic rings. The van der Waals surface area contributed by atoms with Gasteiger partial charge in [-0.15, -0.1) is 0 Å². The Labute approximate surface area is 97.4 Å². The molecule has 2 N–H and O–H groups in total. The minimum Gasteiger partial charge on any atom is -0.340 e. The van der Waals surface area contributed by atoms with E-state index in [4.69, 9.17) is 4.98 Å². The molecule has 0 amide bonds. The summed E-state index contributed by atoms with van der Waals surface area (Å²) in [6, 6.07) is 0. The highest BCUT2D eigenvalue weighted by molar-refractivity contribution is 5.35. The molecule has 4 heteroatoms. The van der Waals surface area contributed by atoms with Gasteiger partial charge in [-0.05, 0) is 19.3 Å². The summed E-state index contributed by atoms with van der Waals surface area (Å²) < 4.78 is 0. The lowest BCUT2D eigenvalue weighted by Gasteiger charge is -2.26. The van der Waals surface area contributed by atoms with E-state index >= 15 is 0 Å². The average Bonchev–Trinajstić information content (AvgIpc) is 2.61. The monoisotopic (exact) mass is 222 g/mol. The number of hydrogen-bond acceptors (Lipinski definition) is 3. The topological polar surface area (TPSA) is 44.0 Å². The van der Waals surface area contributed by atoms with Crippen LogP contribution in [-0.2, 0) is 6.42 Å². The number of aromatic nitrogens is 2. The van der Waals surface area contributed by atoms with Gasteiger partial charge in [0.2, 0.25) is 5.95 Å². The van der Waals surface area contributed by atoms with Crippen LogP contribution in [0.5, 0.6) is 0 Å². The van der Waals surface area contributed by atoms with Gasteiger partial charge in [0, 0.05) is 31.9 Å². The van der Waals surface area contributed by atoms with Crippen molar-refractivity contribution < 1.29 is 0 Å². The van der Waals surface area contributed by atoms with Crippen LogP contribution in [0.2, 0.25) is 0 Å². The number of imidazole rings is 1. The van der Waals surface area contributed by atoms with Gasteiger partial charge in [0.1, 0.15) is 0 Å². The quantitative estimate of drug-likeness (QED) is 0.811. The van der Waals surface area contributed by atoms with Crippen LogP contribution < -0.4 is 10.2 Å². The predicted molar refractivity (Wildman–Crippen MR) is 66.9 cm³/mol. The van der Waals surface area contributed by atoms with Crippen molar-refractivity contribution in [1.82, 2.24) is 15.3 Å². The van der Waals surface area contributed by atoms with E-state index in [9.17, 15) is 0 Å². The molecule has 1 aliphatic heterocycles. The normalized spacial score (nSPS) is 17.1. The highest BCUT2D eigenvalue weighted by atomic mass is 15.3. The van der Waals surface area contributed by atoms with Gasteiger partial charge in [-0.3, -0.25) is 0 Å². The number of anilines is 1. The number of rotatable bonds is 3. The summed E-state index contributed by atoms with van der Waals surface area (Å²) in [5, 5.41) is 3.35. The minimum absolute atomic E-state index is 0.665. The Balaban J connectivity index is 2.09. The van der Waals surface area contributed by atoms with Crippen LogP contribution in [0.3, 0.4) is 0 Å². The molecule has 0 aliphatic carbocycles. The molecule has 1 saturated heterocycles. The number of nitrogens with zero attached hydrogens (tertiary/aromatic N) is 2. The van der Waals surface area contributed by atoms with E-state index < -0.39 is 0 Å². The van der Waals surface area contributed by atoms with Crippen molar-refractivity contribution in [1.29, 1.82) is 0 Å². The Morgan fingerprint density at radius 1 is 1.31 bits per heavy atom. The first kappa shape index (κ1) is 11.5. The van der Waals surface area contributed by atoms with Gasteiger partial charge in [-0.25, -0.2) is 4.98 Å².